The number of hydrogen-bond acceptors (Lipinski definition) is 5. The Bertz CT molecular complexity index is 1040. The van der Waals surface area contributed by atoms with Crippen LogP contribution >= 0.6 is 0 Å². The molecule has 0 atom stereocenters. The summed E-state index contributed by atoms with van der Waals surface area (Å²) in [5.41, 5.74) is 7.43. The minimum absolute atomic E-state index is 1.01. The lowest BCUT2D eigenvalue weighted by molar-refractivity contribution is 0.315. The third-order valence-corrected chi connectivity index (χ3v) is 6.64. The van der Waals surface area contributed by atoms with Crippen LogP contribution in [0.15, 0.2) is 61.1 Å². The molecule has 162 valence electrons. The summed E-state index contributed by atoms with van der Waals surface area (Å²) >= 11 is 0. The second kappa shape index (κ2) is 8.63. The Hall–Kier alpha value is -2.99. The van der Waals surface area contributed by atoms with E-state index >= 15 is 0 Å². The average molecular weight is 417 g/mol. The highest BCUT2D eigenvalue weighted by atomic mass is 15.3. The van der Waals surface area contributed by atoms with Crippen molar-refractivity contribution < 1.29 is 0 Å². The molecule has 3 aromatic rings. The van der Waals surface area contributed by atoms with Crippen molar-refractivity contribution in [2.75, 3.05) is 62.2 Å². The molecule has 4 heterocycles. The number of hydrogen-bond donors (Lipinski definition) is 1. The van der Waals surface area contributed by atoms with Gasteiger partial charge in [0.2, 0.25) is 0 Å². The number of allylic oxidation sites excluding steroid dienone is 1. The van der Waals surface area contributed by atoms with Crippen LogP contribution in [-0.4, -0.2) is 66.9 Å². The topological polar surface area (TPSA) is 39.1 Å². The first-order valence-corrected chi connectivity index (χ1v) is 11.4. The van der Waals surface area contributed by atoms with Crippen molar-refractivity contribution in [2.24, 2.45) is 0 Å². The Labute approximate surface area is 184 Å². The van der Waals surface area contributed by atoms with Gasteiger partial charge in [-0.2, -0.15) is 5.10 Å². The molecule has 0 saturated carbocycles. The predicted molar refractivity (Wildman–Crippen MR) is 129 cm³/mol. The van der Waals surface area contributed by atoms with Crippen molar-refractivity contribution in [3.8, 4) is 11.1 Å². The number of nitrogens with one attached hydrogen (secondary N) is 1. The van der Waals surface area contributed by atoms with Gasteiger partial charge in [-0.05, 0) is 36.2 Å². The van der Waals surface area contributed by atoms with Gasteiger partial charge in [0.05, 0.1) is 11.2 Å². The van der Waals surface area contributed by atoms with Gasteiger partial charge in [0.15, 0.2) is 0 Å². The van der Waals surface area contributed by atoms with Gasteiger partial charge in [0, 0.05) is 81.7 Å². The predicted octanol–water partition coefficient (Wildman–Crippen LogP) is 3.46. The van der Waals surface area contributed by atoms with Crippen LogP contribution in [0, 0.1) is 0 Å². The molecule has 0 radical (unpaired) electrons. The molecule has 0 spiro atoms. The number of benzene rings is 1. The second-order valence-electron chi connectivity index (χ2n) is 8.45. The average Bonchev–Trinajstić information content (AvgIpc) is 3.29. The summed E-state index contributed by atoms with van der Waals surface area (Å²) in [4.78, 5) is 7.34. The van der Waals surface area contributed by atoms with Gasteiger partial charge in [-0.15, -0.1) is 0 Å². The van der Waals surface area contributed by atoms with Crippen molar-refractivity contribution in [1.29, 1.82) is 0 Å². The fourth-order valence-electron chi connectivity index (χ4n) is 4.70. The van der Waals surface area contributed by atoms with Gasteiger partial charge in [-0.1, -0.05) is 25.6 Å². The highest BCUT2D eigenvalue weighted by Crippen LogP contribution is 2.30. The Morgan fingerprint density at radius 2 is 1.68 bits per heavy atom. The molecule has 2 aliphatic rings. The van der Waals surface area contributed by atoms with E-state index in [-0.39, 0.29) is 0 Å². The van der Waals surface area contributed by atoms with Crippen LogP contribution in [0.4, 0.5) is 11.4 Å². The molecule has 31 heavy (non-hydrogen) atoms. The van der Waals surface area contributed by atoms with Gasteiger partial charge in [0.25, 0.3) is 0 Å². The Morgan fingerprint density at radius 3 is 2.39 bits per heavy atom. The monoisotopic (exact) mass is 416 g/mol. The molecule has 0 amide bonds. The SMILES string of the molecule is C=C(CC)N1CCN(c2ccnn3cc(-c4ccc(N5CCNCC5)cc4)cc23)CC1. The third kappa shape index (κ3) is 4.00. The van der Waals surface area contributed by atoms with E-state index in [4.69, 9.17) is 0 Å². The number of anilines is 2. The quantitative estimate of drug-likeness (QED) is 0.690. The van der Waals surface area contributed by atoms with Crippen LogP contribution in [0.3, 0.4) is 0 Å². The van der Waals surface area contributed by atoms with E-state index in [1.165, 1.54) is 33.7 Å². The van der Waals surface area contributed by atoms with Crippen LogP contribution in [0.1, 0.15) is 13.3 Å². The summed E-state index contributed by atoms with van der Waals surface area (Å²) in [6.45, 7) is 14.7. The lowest BCUT2D eigenvalue weighted by Crippen LogP contribution is -2.45. The van der Waals surface area contributed by atoms with Gasteiger partial charge in [-0.25, -0.2) is 4.52 Å². The van der Waals surface area contributed by atoms with Gasteiger partial charge >= 0.3 is 0 Å². The summed E-state index contributed by atoms with van der Waals surface area (Å²) in [6.07, 6.45) is 5.08. The van der Waals surface area contributed by atoms with Crippen LogP contribution in [0.2, 0.25) is 0 Å². The molecule has 2 aromatic heterocycles. The first-order valence-electron chi connectivity index (χ1n) is 11.4. The maximum atomic E-state index is 4.58. The van der Waals surface area contributed by atoms with Crippen molar-refractivity contribution in [3.63, 3.8) is 0 Å². The molecule has 0 unspecified atom stereocenters. The number of fused-ring (bicyclic) bond motifs is 1. The fourth-order valence-corrected chi connectivity index (χ4v) is 4.70. The zero-order valence-corrected chi connectivity index (χ0v) is 18.4. The molecule has 2 aliphatic heterocycles. The van der Waals surface area contributed by atoms with Crippen molar-refractivity contribution >= 4 is 16.9 Å². The highest BCUT2D eigenvalue weighted by molar-refractivity contribution is 5.80. The molecule has 5 rings (SSSR count). The molecule has 0 bridgehead atoms. The van der Waals surface area contributed by atoms with E-state index in [0.29, 0.717) is 0 Å². The molecule has 1 N–H and O–H groups in total. The number of piperazine rings is 2. The van der Waals surface area contributed by atoms with E-state index in [2.05, 4.69) is 81.2 Å². The fraction of sp³-hybridized carbons (Fsp3) is 0.400. The van der Waals surface area contributed by atoms with Crippen molar-refractivity contribution in [1.82, 2.24) is 19.8 Å². The Balaban J connectivity index is 1.37. The number of nitrogens with zero attached hydrogens (tertiary/aromatic N) is 5. The Kier molecular flexibility index (Phi) is 5.55. The molecule has 6 nitrogen and oxygen atoms in total. The molecule has 6 heteroatoms. The second-order valence-corrected chi connectivity index (χ2v) is 8.45. The zero-order chi connectivity index (χ0) is 21.2. The molecule has 0 aliphatic carbocycles. The van der Waals surface area contributed by atoms with Gasteiger partial charge in [-0.3, -0.25) is 0 Å². The highest BCUT2D eigenvalue weighted by Gasteiger charge is 2.20. The number of rotatable bonds is 5. The summed E-state index contributed by atoms with van der Waals surface area (Å²) in [5, 5.41) is 8.00. The lowest BCUT2D eigenvalue weighted by atomic mass is 10.1. The zero-order valence-electron chi connectivity index (χ0n) is 18.4. The normalized spacial score (nSPS) is 17.4. The van der Waals surface area contributed by atoms with E-state index < -0.39 is 0 Å². The third-order valence-electron chi connectivity index (χ3n) is 6.64. The molecule has 2 fully saturated rings. The summed E-state index contributed by atoms with van der Waals surface area (Å²) in [6, 6.07) is 13.4. The molecular weight excluding hydrogens is 384 g/mol. The van der Waals surface area contributed by atoms with Crippen LogP contribution < -0.4 is 15.1 Å². The van der Waals surface area contributed by atoms with Crippen LogP contribution in [0.5, 0.6) is 0 Å². The van der Waals surface area contributed by atoms with E-state index in [9.17, 15) is 0 Å². The number of aromatic nitrogens is 2. The first-order chi connectivity index (χ1) is 15.2. The first kappa shape index (κ1) is 19.9. The molecule has 1 aromatic carbocycles. The maximum absolute atomic E-state index is 4.58. The van der Waals surface area contributed by atoms with Crippen LogP contribution in [-0.2, 0) is 0 Å². The molecule has 2 saturated heterocycles. The van der Waals surface area contributed by atoms with E-state index in [0.717, 1.165) is 58.8 Å². The summed E-state index contributed by atoms with van der Waals surface area (Å²) in [7, 11) is 0. The minimum Gasteiger partial charge on any atom is -0.372 e. The van der Waals surface area contributed by atoms with Crippen LogP contribution in [0.25, 0.3) is 16.6 Å². The standard InChI is InChI=1S/C25H32N6/c1-3-20(2)28-14-16-30(17-15-28)24-8-9-27-31-19-22(18-25(24)31)21-4-6-23(7-5-21)29-12-10-26-11-13-29/h4-9,18-19,26H,2-3,10-17H2,1H3. The van der Waals surface area contributed by atoms with E-state index in [1.807, 2.05) is 10.7 Å². The maximum Gasteiger partial charge on any atom is 0.0886 e. The smallest absolute Gasteiger partial charge is 0.0886 e. The van der Waals surface area contributed by atoms with Crippen molar-refractivity contribution in [2.45, 2.75) is 13.3 Å². The van der Waals surface area contributed by atoms with Gasteiger partial charge < -0.3 is 20.0 Å². The summed E-state index contributed by atoms with van der Waals surface area (Å²) in [5.74, 6) is 0. The minimum atomic E-state index is 1.01. The van der Waals surface area contributed by atoms with Crippen molar-refractivity contribution in [3.05, 3.63) is 61.1 Å². The molecular formula is C25H32N6. The largest absolute Gasteiger partial charge is 0.372 e. The van der Waals surface area contributed by atoms with E-state index in [1.54, 1.807) is 0 Å². The lowest BCUT2D eigenvalue weighted by Gasteiger charge is -2.38. The Morgan fingerprint density at radius 1 is 0.935 bits per heavy atom. The van der Waals surface area contributed by atoms with Gasteiger partial charge in [0.1, 0.15) is 0 Å². The summed E-state index contributed by atoms with van der Waals surface area (Å²) < 4.78 is 2.02.